The lowest BCUT2D eigenvalue weighted by molar-refractivity contribution is -0.139. The standard InChI is InChI=1S/C21H19F6N5O/c1-12(2)28-17-30-18(29-15-9-7-14(8-10-15)20(22,23)24)32-19(31-17)33-11-13-5-3-4-6-16(13)21(25,26)27/h3-10,12H,11H2,1-2H3,(H2,28,29,30,31,32). The third-order valence-corrected chi connectivity index (χ3v) is 4.18. The van der Waals surface area contributed by atoms with Gasteiger partial charge in [0.2, 0.25) is 11.9 Å². The van der Waals surface area contributed by atoms with E-state index in [1.165, 1.54) is 30.3 Å². The first kappa shape index (κ1) is 24.1. The van der Waals surface area contributed by atoms with E-state index in [0.29, 0.717) is 0 Å². The zero-order chi connectivity index (χ0) is 24.2. The quantitative estimate of drug-likeness (QED) is 0.409. The van der Waals surface area contributed by atoms with Crippen LogP contribution in [0.4, 0.5) is 43.9 Å². The molecule has 2 N–H and O–H groups in total. The minimum atomic E-state index is -4.56. The van der Waals surface area contributed by atoms with Gasteiger partial charge in [-0.3, -0.25) is 0 Å². The van der Waals surface area contributed by atoms with Gasteiger partial charge in [0.05, 0.1) is 11.1 Å². The summed E-state index contributed by atoms with van der Waals surface area (Å²) in [6, 6.07) is 8.75. The van der Waals surface area contributed by atoms with Crippen LogP contribution in [0.3, 0.4) is 0 Å². The Morgan fingerprint density at radius 3 is 2.06 bits per heavy atom. The summed E-state index contributed by atoms with van der Waals surface area (Å²) < 4.78 is 83.3. The number of ether oxygens (including phenoxy) is 1. The highest BCUT2D eigenvalue weighted by Gasteiger charge is 2.33. The van der Waals surface area contributed by atoms with Crippen molar-refractivity contribution in [2.75, 3.05) is 10.6 Å². The molecule has 0 amide bonds. The lowest BCUT2D eigenvalue weighted by Gasteiger charge is -2.15. The number of aromatic nitrogens is 3. The second-order valence-electron chi connectivity index (χ2n) is 7.21. The fraction of sp³-hybridized carbons (Fsp3) is 0.286. The highest BCUT2D eigenvalue weighted by Crippen LogP contribution is 2.32. The molecule has 0 fully saturated rings. The fourth-order valence-corrected chi connectivity index (χ4v) is 2.74. The maximum atomic E-state index is 13.2. The van der Waals surface area contributed by atoms with E-state index in [9.17, 15) is 26.3 Å². The summed E-state index contributed by atoms with van der Waals surface area (Å²) in [5, 5.41) is 5.66. The largest absolute Gasteiger partial charge is 0.458 e. The number of anilines is 3. The third-order valence-electron chi connectivity index (χ3n) is 4.18. The van der Waals surface area contributed by atoms with Crippen LogP contribution in [0.2, 0.25) is 0 Å². The molecule has 1 heterocycles. The predicted octanol–water partition coefficient (Wildman–Crippen LogP) is 6.05. The minimum absolute atomic E-state index is 0.0629. The number of benzene rings is 2. The Kier molecular flexibility index (Phi) is 6.94. The van der Waals surface area contributed by atoms with Crippen LogP contribution in [0.1, 0.15) is 30.5 Å². The molecule has 0 atom stereocenters. The molecule has 0 bridgehead atoms. The zero-order valence-corrected chi connectivity index (χ0v) is 17.4. The summed E-state index contributed by atoms with van der Waals surface area (Å²) in [4.78, 5) is 12.2. The molecule has 0 aliphatic rings. The Bertz CT molecular complexity index is 1080. The summed E-state index contributed by atoms with van der Waals surface area (Å²) in [5.41, 5.74) is -1.51. The molecule has 0 unspecified atom stereocenters. The predicted molar refractivity (Wildman–Crippen MR) is 109 cm³/mol. The molecule has 2 aromatic carbocycles. The van der Waals surface area contributed by atoms with Gasteiger partial charge in [-0.15, -0.1) is 0 Å². The average molecular weight is 471 g/mol. The normalized spacial score (nSPS) is 12.0. The van der Waals surface area contributed by atoms with Crippen molar-refractivity contribution in [1.82, 2.24) is 15.0 Å². The van der Waals surface area contributed by atoms with E-state index in [0.717, 1.165) is 18.2 Å². The molecule has 176 valence electrons. The number of halogens is 6. The molecular formula is C21H19F6N5O. The molecule has 12 heteroatoms. The number of hydrogen-bond donors (Lipinski definition) is 2. The van der Waals surface area contributed by atoms with E-state index in [2.05, 4.69) is 25.6 Å². The molecule has 0 saturated heterocycles. The van der Waals surface area contributed by atoms with Gasteiger partial charge in [-0.2, -0.15) is 41.3 Å². The maximum absolute atomic E-state index is 13.2. The van der Waals surface area contributed by atoms with Crippen molar-refractivity contribution in [2.45, 2.75) is 38.8 Å². The van der Waals surface area contributed by atoms with Gasteiger partial charge in [0.1, 0.15) is 6.61 Å². The second kappa shape index (κ2) is 9.51. The first-order valence-corrected chi connectivity index (χ1v) is 9.66. The van der Waals surface area contributed by atoms with Crippen molar-refractivity contribution in [1.29, 1.82) is 0 Å². The van der Waals surface area contributed by atoms with Crippen LogP contribution in [0.5, 0.6) is 6.01 Å². The maximum Gasteiger partial charge on any atom is 0.416 e. The van der Waals surface area contributed by atoms with E-state index in [-0.39, 0.29) is 35.2 Å². The SMILES string of the molecule is CC(C)Nc1nc(Nc2ccc(C(F)(F)F)cc2)nc(OCc2ccccc2C(F)(F)F)n1. The molecule has 1 aromatic heterocycles. The van der Waals surface area contributed by atoms with Gasteiger partial charge in [0.15, 0.2) is 0 Å². The van der Waals surface area contributed by atoms with Crippen molar-refractivity contribution in [3.63, 3.8) is 0 Å². The monoisotopic (exact) mass is 471 g/mol. The topological polar surface area (TPSA) is 72.0 Å². The van der Waals surface area contributed by atoms with Crippen LogP contribution in [0.15, 0.2) is 48.5 Å². The van der Waals surface area contributed by atoms with Crippen LogP contribution in [0.25, 0.3) is 0 Å². The molecule has 3 aromatic rings. The van der Waals surface area contributed by atoms with E-state index in [1.54, 1.807) is 0 Å². The van der Waals surface area contributed by atoms with Crippen molar-refractivity contribution in [3.8, 4) is 6.01 Å². The summed E-state index contributed by atoms with van der Waals surface area (Å²) in [6.45, 7) is 3.17. The van der Waals surface area contributed by atoms with Gasteiger partial charge >= 0.3 is 18.4 Å². The van der Waals surface area contributed by atoms with Crippen molar-refractivity contribution < 1.29 is 31.1 Å². The summed E-state index contributed by atoms with van der Waals surface area (Å²) >= 11 is 0. The average Bonchev–Trinajstić information content (AvgIpc) is 2.71. The summed E-state index contributed by atoms with van der Waals surface area (Å²) in [6.07, 6.45) is -9.04. The molecule has 0 aliphatic heterocycles. The van der Waals surface area contributed by atoms with Crippen molar-refractivity contribution in [3.05, 3.63) is 65.2 Å². The van der Waals surface area contributed by atoms with Crippen molar-refractivity contribution >= 4 is 17.6 Å². The fourth-order valence-electron chi connectivity index (χ4n) is 2.74. The molecule has 0 saturated carbocycles. The molecule has 6 nitrogen and oxygen atoms in total. The Morgan fingerprint density at radius 2 is 1.45 bits per heavy atom. The van der Waals surface area contributed by atoms with Gasteiger partial charge in [0.25, 0.3) is 0 Å². The highest BCUT2D eigenvalue weighted by atomic mass is 19.4. The summed E-state index contributed by atoms with van der Waals surface area (Å²) in [7, 11) is 0. The van der Waals surface area contributed by atoms with Gasteiger partial charge < -0.3 is 15.4 Å². The Balaban J connectivity index is 1.83. The van der Waals surface area contributed by atoms with E-state index in [1.807, 2.05) is 13.8 Å². The van der Waals surface area contributed by atoms with Crippen LogP contribution in [-0.4, -0.2) is 21.0 Å². The first-order chi connectivity index (χ1) is 15.4. The van der Waals surface area contributed by atoms with Crippen LogP contribution in [-0.2, 0) is 19.0 Å². The van der Waals surface area contributed by atoms with Crippen LogP contribution < -0.4 is 15.4 Å². The van der Waals surface area contributed by atoms with E-state index < -0.39 is 30.1 Å². The van der Waals surface area contributed by atoms with E-state index in [4.69, 9.17) is 4.74 Å². The Morgan fingerprint density at radius 1 is 0.818 bits per heavy atom. The Hall–Kier alpha value is -3.57. The van der Waals surface area contributed by atoms with Gasteiger partial charge in [0, 0.05) is 17.3 Å². The number of alkyl halides is 6. The van der Waals surface area contributed by atoms with E-state index >= 15 is 0 Å². The highest BCUT2D eigenvalue weighted by molar-refractivity contribution is 5.55. The van der Waals surface area contributed by atoms with Gasteiger partial charge in [-0.05, 0) is 44.2 Å². The van der Waals surface area contributed by atoms with Crippen LogP contribution in [0, 0.1) is 0 Å². The van der Waals surface area contributed by atoms with Crippen molar-refractivity contribution in [2.24, 2.45) is 0 Å². The molecule has 0 radical (unpaired) electrons. The van der Waals surface area contributed by atoms with Gasteiger partial charge in [-0.1, -0.05) is 18.2 Å². The lowest BCUT2D eigenvalue weighted by Crippen LogP contribution is -2.15. The molecule has 3 rings (SSSR count). The number of nitrogens with one attached hydrogen (secondary N) is 2. The molecule has 33 heavy (non-hydrogen) atoms. The summed E-state index contributed by atoms with van der Waals surface area (Å²) in [5.74, 6) is 0.0144. The minimum Gasteiger partial charge on any atom is -0.458 e. The molecule has 0 spiro atoms. The third kappa shape index (κ3) is 6.70. The van der Waals surface area contributed by atoms with Gasteiger partial charge in [-0.25, -0.2) is 0 Å². The number of nitrogens with zero attached hydrogens (tertiary/aromatic N) is 3. The Labute approximate surface area is 185 Å². The first-order valence-electron chi connectivity index (χ1n) is 9.66. The molecule has 0 aliphatic carbocycles. The smallest absolute Gasteiger partial charge is 0.416 e. The number of rotatable bonds is 7. The molecular weight excluding hydrogens is 452 g/mol. The number of hydrogen-bond acceptors (Lipinski definition) is 6. The lowest BCUT2D eigenvalue weighted by atomic mass is 10.1. The second-order valence-corrected chi connectivity index (χ2v) is 7.21. The zero-order valence-electron chi connectivity index (χ0n) is 17.4. The van der Waals surface area contributed by atoms with Crippen LogP contribution >= 0.6 is 0 Å².